The topological polar surface area (TPSA) is 92.1 Å². The number of amides is 1. The Morgan fingerprint density at radius 1 is 0.975 bits per heavy atom. The second-order valence-electron chi connectivity index (χ2n) is 10.8. The Kier molecular flexibility index (Phi) is 8.95. The van der Waals surface area contributed by atoms with Crippen molar-refractivity contribution in [3.8, 4) is 17.6 Å². The summed E-state index contributed by atoms with van der Waals surface area (Å²) in [7, 11) is 1.35. The summed E-state index contributed by atoms with van der Waals surface area (Å²) >= 11 is 0. The number of piperidine rings is 1. The second-order valence-corrected chi connectivity index (χ2v) is 10.8. The lowest BCUT2D eigenvalue weighted by Crippen LogP contribution is -2.48. The first-order valence-electron chi connectivity index (χ1n) is 13.3. The quantitative estimate of drug-likeness (QED) is 0.314. The molecule has 1 saturated heterocycles. The third kappa shape index (κ3) is 7.54. The van der Waals surface area contributed by atoms with Gasteiger partial charge in [0.1, 0.15) is 17.1 Å². The average Bonchev–Trinajstić information content (AvgIpc) is 2.96. The van der Waals surface area contributed by atoms with Crippen molar-refractivity contribution < 1.29 is 23.8 Å². The minimum Gasteiger partial charge on any atom is -0.465 e. The summed E-state index contributed by atoms with van der Waals surface area (Å²) in [4.78, 5) is 28.4. The lowest BCUT2D eigenvalue weighted by molar-refractivity contribution is 0.0204. The average molecular weight is 542 g/mol. The van der Waals surface area contributed by atoms with Gasteiger partial charge in [-0.25, -0.2) is 9.59 Å². The van der Waals surface area contributed by atoms with Gasteiger partial charge in [-0.3, -0.25) is 0 Å². The lowest BCUT2D eigenvalue weighted by atomic mass is 10.0. The molecule has 0 spiro atoms. The molecule has 40 heavy (non-hydrogen) atoms. The summed E-state index contributed by atoms with van der Waals surface area (Å²) in [5.74, 6) is 0.883. The van der Waals surface area contributed by atoms with E-state index in [1.807, 2.05) is 63.2 Å². The SMILES string of the molecule is COC(=O)c1ccc(Oc2ccc(N(Cc3cccc(C#N)c3)C3CCN(C(=O)OC(C)(C)C)CC3)cc2)cc1. The standard InChI is InChI=1S/C32H35N3O5/c1-32(2,3)40-31(37)34-18-16-27(17-19-34)35(22-24-7-5-6-23(20-24)21-33)26-10-14-29(15-11-26)39-28-12-8-25(9-13-28)30(36)38-4/h5-15,20,27H,16-19,22H2,1-4H3. The Balaban J connectivity index is 1.50. The van der Waals surface area contributed by atoms with Gasteiger partial charge in [0.2, 0.25) is 0 Å². The lowest BCUT2D eigenvalue weighted by Gasteiger charge is -2.40. The highest BCUT2D eigenvalue weighted by Gasteiger charge is 2.30. The van der Waals surface area contributed by atoms with E-state index in [1.54, 1.807) is 35.2 Å². The molecule has 1 aliphatic rings. The van der Waals surface area contributed by atoms with Crippen molar-refractivity contribution in [2.45, 2.75) is 51.8 Å². The van der Waals surface area contributed by atoms with Crippen LogP contribution < -0.4 is 9.64 Å². The number of carbonyl (C=O) groups is 2. The number of likely N-dealkylation sites (tertiary alicyclic amines) is 1. The van der Waals surface area contributed by atoms with Gasteiger partial charge in [0.15, 0.2) is 0 Å². The summed E-state index contributed by atoms with van der Waals surface area (Å²) in [6, 6.07) is 24.7. The van der Waals surface area contributed by atoms with Gasteiger partial charge < -0.3 is 24.0 Å². The van der Waals surface area contributed by atoms with E-state index in [-0.39, 0.29) is 12.1 Å². The predicted octanol–water partition coefficient (Wildman–Crippen LogP) is 6.54. The first-order valence-corrected chi connectivity index (χ1v) is 13.3. The summed E-state index contributed by atoms with van der Waals surface area (Å²) in [6.07, 6.45) is 1.31. The summed E-state index contributed by atoms with van der Waals surface area (Å²) in [6.45, 7) is 7.47. The number of esters is 1. The van der Waals surface area contributed by atoms with E-state index in [0.29, 0.717) is 42.3 Å². The maximum atomic E-state index is 12.6. The maximum absolute atomic E-state index is 12.6. The maximum Gasteiger partial charge on any atom is 0.410 e. The monoisotopic (exact) mass is 541 g/mol. The number of ether oxygens (including phenoxy) is 3. The van der Waals surface area contributed by atoms with Crippen molar-refractivity contribution in [2.75, 3.05) is 25.1 Å². The van der Waals surface area contributed by atoms with E-state index in [4.69, 9.17) is 14.2 Å². The molecule has 208 valence electrons. The van der Waals surface area contributed by atoms with E-state index >= 15 is 0 Å². The van der Waals surface area contributed by atoms with Crippen LogP contribution in [0.2, 0.25) is 0 Å². The Bertz CT molecular complexity index is 1350. The van der Waals surface area contributed by atoms with Gasteiger partial charge in [0, 0.05) is 31.4 Å². The Morgan fingerprint density at radius 2 is 1.60 bits per heavy atom. The van der Waals surface area contributed by atoms with Crippen molar-refractivity contribution in [1.82, 2.24) is 4.90 Å². The zero-order valence-electron chi connectivity index (χ0n) is 23.4. The van der Waals surface area contributed by atoms with Crippen molar-refractivity contribution in [3.63, 3.8) is 0 Å². The highest BCUT2D eigenvalue weighted by Crippen LogP contribution is 2.30. The number of benzene rings is 3. The zero-order valence-corrected chi connectivity index (χ0v) is 23.4. The fourth-order valence-electron chi connectivity index (χ4n) is 4.67. The molecule has 3 aromatic rings. The molecule has 0 saturated carbocycles. The highest BCUT2D eigenvalue weighted by molar-refractivity contribution is 5.89. The first-order chi connectivity index (χ1) is 19.1. The number of nitrogens with zero attached hydrogens (tertiary/aromatic N) is 3. The second kappa shape index (κ2) is 12.6. The number of rotatable bonds is 7. The highest BCUT2D eigenvalue weighted by atomic mass is 16.6. The minimum atomic E-state index is -0.529. The summed E-state index contributed by atoms with van der Waals surface area (Å²) in [5, 5.41) is 9.38. The molecule has 1 heterocycles. The van der Waals surface area contributed by atoms with Gasteiger partial charge in [-0.1, -0.05) is 12.1 Å². The van der Waals surface area contributed by atoms with Crippen LogP contribution in [0.1, 0.15) is 55.1 Å². The molecule has 1 fully saturated rings. The van der Waals surface area contributed by atoms with E-state index in [0.717, 1.165) is 24.1 Å². The van der Waals surface area contributed by atoms with E-state index < -0.39 is 11.6 Å². The van der Waals surface area contributed by atoms with E-state index in [2.05, 4.69) is 11.0 Å². The van der Waals surface area contributed by atoms with Gasteiger partial charge >= 0.3 is 12.1 Å². The molecule has 8 heteroatoms. The van der Waals surface area contributed by atoms with Gasteiger partial charge in [0.25, 0.3) is 0 Å². The molecule has 8 nitrogen and oxygen atoms in total. The van der Waals surface area contributed by atoms with Gasteiger partial charge in [-0.2, -0.15) is 5.26 Å². The Labute approximate surface area is 235 Å². The molecule has 1 aliphatic heterocycles. The molecule has 0 unspecified atom stereocenters. The smallest absolute Gasteiger partial charge is 0.410 e. The molecule has 1 amide bonds. The molecule has 0 atom stereocenters. The number of hydrogen-bond donors (Lipinski definition) is 0. The molecule has 0 aliphatic carbocycles. The fourth-order valence-corrected chi connectivity index (χ4v) is 4.67. The Hall–Kier alpha value is -4.51. The molecule has 0 aromatic heterocycles. The van der Waals surface area contributed by atoms with Crippen molar-refractivity contribution >= 4 is 17.7 Å². The van der Waals surface area contributed by atoms with Gasteiger partial charge in [-0.05, 0) is 99.8 Å². The number of nitriles is 1. The van der Waals surface area contributed by atoms with Crippen LogP contribution in [-0.2, 0) is 16.0 Å². The van der Waals surface area contributed by atoms with Crippen LogP contribution in [0.4, 0.5) is 10.5 Å². The third-order valence-corrected chi connectivity index (χ3v) is 6.65. The largest absolute Gasteiger partial charge is 0.465 e. The first kappa shape index (κ1) is 28.5. The minimum absolute atomic E-state index is 0.196. The van der Waals surface area contributed by atoms with E-state index in [9.17, 15) is 14.9 Å². The van der Waals surface area contributed by atoms with Gasteiger partial charge in [0.05, 0.1) is 24.3 Å². The molecule has 4 rings (SSSR count). The van der Waals surface area contributed by atoms with Crippen LogP contribution in [0.3, 0.4) is 0 Å². The van der Waals surface area contributed by atoms with Crippen molar-refractivity contribution in [3.05, 3.63) is 89.5 Å². The van der Waals surface area contributed by atoms with Crippen LogP contribution in [-0.4, -0.2) is 48.8 Å². The number of carbonyl (C=O) groups excluding carboxylic acids is 2. The zero-order chi connectivity index (χ0) is 28.7. The molecular weight excluding hydrogens is 506 g/mol. The van der Waals surface area contributed by atoms with Gasteiger partial charge in [-0.15, -0.1) is 0 Å². The summed E-state index contributed by atoms with van der Waals surface area (Å²) in [5.41, 5.74) is 2.61. The number of methoxy groups -OCH3 is 1. The molecule has 0 bridgehead atoms. The van der Waals surface area contributed by atoms with Crippen molar-refractivity contribution in [1.29, 1.82) is 5.26 Å². The van der Waals surface area contributed by atoms with Crippen LogP contribution in [0.5, 0.6) is 11.5 Å². The van der Waals surface area contributed by atoms with Crippen LogP contribution in [0.15, 0.2) is 72.8 Å². The molecule has 0 N–H and O–H groups in total. The normalized spacial score (nSPS) is 13.7. The van der Waals surface area contributed by atoms with Crippen LogP contribution in [0.25, 0.3) is 0 Å². The molecule has 0 radical (unpaired) electrons. The van der Waals surface area contributed by atoms with E-state index in [1.165, 1.54) is 7.11 Å². The number of anilines is 1. The predicted molar refractivity (Wildman–Crippen MR) is 152 cm³/mol. The number of hydrogen-bond acceptors (Lipinski definition) is 7. The fraction of sp³-hybridized carbons (Fsp3) is 0.344. The third-order valence-electron chi connectivity index (χ3n) is 6.65. The summed E-state index contributed by atoms with van der Waals surface area (Å²) < 4.78 is 16.3. The molecular formula is C32H35N3O5. The molecule has 3 aromatic carbocycles. The van der Waals surface area contributed by atoms with Crippen LogP contribution in [0, 0.1) is 11.3 Å². The van der Waals surface area contributed by atoms with Crippen LogP contribution >= 0.6 is 0 Å². The Morgan fingerprint density at radius 3 is 2.17 bits per heavy atom. The van der Waals surface area contributed by atoms with Crippen molar-refractivity contribution in [2.24, 2.45) is 0 Å².